The Hall–Kier alpha value is -2.02. The van der Waals surface area contributed by atoms with Crippen LogP contribution in [0.5, 0.6) is 0 Å². The number of nitrogens with one attached hydrogen (secondary N) is 1. The number of amides is 1. The highest BCUT2D eigenvalue weighted by atomic mass is 35.5. The molecule has 0 radical (unpaired) electrons. The lowest BCUT2D eigenvalue weighted by Crippen LogP contribution is -2.24. The van der Waals surface area contributed by atoms with Gasteiger partial charge in [-0.15, -0.1) is 10.2 Å². The quantitative estimate of drug-likeness (QED) is 0.489. The van der Waals surface area contributed by atoms with Crippen molar-refractivity contribution >= 4 is 40.9 Å². The van der Waals surface area contributed by atoms with Gasteiger partial charge in [-0.25, -0.2) is 0 Å². The molecular formula is C20H20Cl2N4OS. The van der Waals surface area contributed by atoms with Crippen LogP contribution < -0.4 is 5.32 Å². The van der Waals surface area contributed by atoms with Gasteiger partial charge in [0.2, 0.25) is 5.91 Å². The Morgan fingerprint density at radius 2 is 1.93 bits per heavy atom. The molecular weight excluding hydrogens is 415 g/mol. The van der Waals surface area contributed by atoms with Gasteiger partial charge in [0.05, 0.1) is 17.3 Å². The summed E-state index contributed by atoms with van der Waals surface area (Å²) in [6.45, 7) is 2.23. The van der Waals surface area contributed by atoms with Crippen LogP contribution in [0, 0.1) is 0 Å². The molecule has 0 aliphatic heterocycles. The highest BCUT2D eigenvalue weighted by Gasteiger charge is 2.18. The minimum absolute atomic E-state index is 0.0206. The highest BCUT2D eigenvalue weighted by Crippen LogP contribution is 2.30. The smallest absolute Gasteiger partial charge is 0.220 e. The molecule has 0 unspecified atom stereocenters. The minimum Gasteiger partial charge on any atom is -0.349 e. The van der Waals surface area contributed by atoms with Crippen LogP contribution in [0.4, 0.5) is 0 Å². The Morgan fingerprint density at radius 3 is 2.68 bits per heavy atom. The maximum atomic E-state index is 11.9. The number of carbonyl (C=O) groups is 1. The zero-order valence-electron chi connectivity index (χ0n) is 15.4. The number of rotatable bonds is 8. The molecule has 0 atom stereocenters. The van der Waals surface area contributed by atoms with Crippen LogP contribution in [0.2, 0.25) is 10.0 Å². The lowest BCUT2D eigenvalue weighted by Gasteiger charge is -2.13. The van der Waals surface area contributed by atoms with E-state index < -0.39 is 0 Å². The first-order chi connectivity index (χ1) is 13.6. The Balaban J connectivity index is 1.90. The monoisotopic (exact) mass is 434 g/mol. The third kappa shape index (κ3) is 5.28. The van der Waals surface area contributed by atoms with Crippen LogP contribution in [0.25, 0.3) is 5.69 Å². The standard InChI is InChI=1S/C20H20Cl2N4OS/c1-2-6-19(27)23-12-18-24-25-20(28-13-14-7-4-3-5-8-14)26(18)17-11-15(21)9-10-16(17)22/h3-5,7-11H,2,6,12-13H2,1H3,(H,23,27). The fourth-order valence-corrected chi connectivity index (χ4v) is 3.91. The minimum atomic E-state index is -0.0206. The Bertz CT molecular complexity index is 947. The average Bonchev–Trinajstić information content (AvgIpc) is 3.10. The molecule has 0 aliphatic carbocycles. The van der Waals surface area contributed by atoms with Crippen molar-refractivity contribution in [2.45, 2.75) is 37.2 Å². The molecule has 0 saturated heterocycles. The molecule has 1 amide bonds. The number of aromatic nitrogens is 3. The number of hydrogen-bond donors (Lipinski definition) is 1. The van der Waals surface area contributed by atoms with Crippen LogP contribution in [-0.4, -0.2) is 20.7 Å². The molecule has 0 aliphatic rings. The second kappa shape index (κ2) is 9.96. The Labute approximate surface area is 178 Å². The van der Waals surface area contributed by atoms with E-state index in [0.717, 1.165) is 12.2 Å². The van der Waals surface area contributed by atoms with Gasteiger partial charge in [0.15, 0.2) is 11.0 Å². The molecule has 8 heteroatoms. The van der Waals surface area contributed by atoms with E-state index in [1.807, 2.05) is 29.7 Å². The van der Waals surface area contributed by atoms with E-state index in [0.29, 0.717) is 33.1 Å². The third-order valence-corrected chi connectivity index (χ3v) is 5.54. The lowest BCUT2D eigenvalue weighted by atomic mass is 10.2. The summed E-state index contributed by atoms with van der Waals surface area (Å²) in [5.74, 6) is 1.32. The summed E-state index contributed by atoms with van der Waals surface area (Å²) in [6.07, 6.45) is 1.26. The summed E-state index contributed by atoms with van der Waals surface area (Å²) in [5.41, 5.74) is 1.87. The summed E-state index contributed by atoms with van der Waals surface area (Å²) >= 11 is 14.2. The molecule has 0 spiro atoms. The number of carbonyl (C=O) groups excluding carboxylic acids is 1. The molecule has 28 heavy (non-hydrogen) atoms. The molecule has 146 valence electrons. The summed E-state index contributed by atoms with van der Waals surface area (Å²) in [4.78, 5) is 11.9. The van der Waals surface area contributed by atoms with Crippen molar-refractivity contribution < 1.29 is 4.79 Å². The van der Waals surface area contributed by atoms with Gasteiger partial charge in [0.1, 0.15) is 0 Å². The van der Waals surface area contributed by atoms with Crippen LogP contribution in [0.15, 0.2) is 53.7 Å². The van der Waals surface area contributed by atoms with E-state index in [2.05, 4.69) is 27.6 Å². The molecule has 1 heterocycles. The molecule has 2 aromatic carbocycles. The second-order valence-corrected chi connectivity index (χ2v) is 7.92. The normalized spacial score (nSPS) is 10.8. The third-order valence-electron chi connectivity index (χ3n) is 3.98. The first-order valence-corrected chi connectivity index (χ1v) is 10.7. The van der Waals surface area contributed by atoms with E-state index in [9.17, 15) is 4.79 Å². The molecule has 0 saturated carbocycles. The van der Waals surface area contributed by atoms with Gasteiger partial charge in [-0.3, -0.25) is 9.36 Å². The van der Waals surface area contributed by atoms with Crippen molar-refractivity contribution in [3.8, 4) is 5.69 Å². The van der Waals surface area contributed by atoms with Crippen molar-refractivity contribution in [2.75, 3.05) is 0 Å². The summed E-state index contributed by atoms with van der Waals surface area (Å²) in [7, 11) is 0. The second-order valence-electron chi connectivity index (χ2n) is 6.13. The molecule has 3 rings (SSSR count). The summed E-state index contributed by atoms with van der Waals surface area (Å²) in [6, 6.07) is 15.4. The fraction of sp³-hybridized carbons (Fsp3) is 0.250. The molecule has 1 N–H and O–H groups in total. The predicted molar refractivity (Wildman–Crippen MR) is 114 cm³/mol. The van der Waals surface area contributed by atoms with E-state index in [-0.39, 0.29) is 12.5 Å². The molecule has 0 fully saturated rings. The Morgan fingerprint density at radius 1 is 1.14 bits per heavy atom. The lowest BCUT2D eigenvalue weighted by molar-refractivity contribution is -0.121. The van der Waals surface area contributed by atoms with Crippen molar-refractivity contribution in [3.63, 3.8) is 0 Å². The van der Waals surface area contributed by atoms with Gasteiger partial charge in [0, 0.05) is 17.2 Å². The van der Waals surface area contributed by atoms with E-state index in [1.165, 1.54) is 5.56 Å². The van der Waals surface area contributed by atoms with E-state index >= 15 is 0 Å². The zero-order valence-corrected chi connectivity index (χ0v) is 17.7. The summed E-state index contributed by atoms with van der Waals surface area (Å²) in [5, 5.41) is 13.3. The first-order valence-electron chi connectivity index (χ1n) is 8.91. The SMILES string of the molecule is CCCC(=O)NCc1nnc(SCc2ccccc2)n1-c1cc(Cl)ccc1Cl. The molecule has 5 nitrogen and oxygen atoms in total. The maximum Gasteiger partial charge on any atom is 0.220 e. The van der Waals surface area contributed by atoms with Gasteiger partial charge in [-0.1, -0.05) is 72.2 Å². The number of hydrogen-bond acceptors (Lipinski definition) is 4. The van der Waals surface area contributed by atoms with Gasteiger partial charge in [0.25, 0.3) is 0 Å². The molecule has 3 aromatic rings. The topological polar surface area (TPSA) is 59.8 Å². The van der Waals surface area contributed by atoms with E-state index in [1.54, 1.807) is 30.0 Å². The van der Waals surface area contributed by atoms with Gasteiger partial charge >= 0.3 is 0 Å². The highest BCUT2D eigenvalue weighted by molar-refractivity contribution is 7.98. The van der Waals surface area contributed by atoms with Crippen LogP contribution >= 0.6 is 35.0 Å². The van der Waals surface area contributed by atoms with Crippen molar-refractivity contribution in [3.05, 3.63) is 70.0 Å². The van der Waals surface area contributed by atoms with Crippen molar-refractivity contribution in [2.24, 2.45) is 0 Å². The zero-order chi connectivity index (χ0) is 19.9. The van der Waals surface area contributed by atoms with Crippen molar-refractivity contribution in [1.29, 1.82) is 0 Å². The molecule has 0 bridgehead atoms. The van der Waals surface area contributed by atoms with Gasteiger partial charge in [-0.05, 0) is 30.2 Å². The van der Waals surface area contributed by atoms with E-state index in [4.69, 9.17) is 23.2 Å². The van der Waals surface area contributed by atoms with Crippen LogP contribution in [0.3, 0.4) is 0 Å². The molecule has 1 aromatic heterocycles. The van der Waals surface area contributed by atoms with Crippen molar-refractivity contribution in [1.82, 2.24) is 20.1 Å². The summed E-state index contributed by atoms with van der Waals surface area (Å²) < 4.78 is 1.86. The maximum absolute atomic E-state index is 11.9. The number of halogens is 2. The Kier molecular flexibility index (Phi) is 7.36. The predicted octanol–water partition coefficient (Wildman–Crippen LogP) is 5.28. The first kappa shape index (κ1) is 20.7. The fourth-order valence-electron chi connectivity index (χ4n) is 2.62. The van der Waals surface area contributed by atoms with Crippen LogP contribution in [0.1, 0.15) is 31.2 Å². The number of thioether (sulfide) groups is 1. The average molecular weight is 435 g/mol. The number of benzene rings is 2. The van der Waals surface area contributed by atoms with Crippen LogP contribution in [-0.2, 0) is 17.1 Å². The van der Waals surface area contributed by atoms with Gasteiger partial charge in [-0.2, -0.15) is 0 Å². The van der Waals surface area contributed by atoms with Gasteiger partial charge < -0.3 is 5.32 Å². The number of nitrogens with zero attached hydrogens (tertiary/aromatic N) is 3. The largest absolute Gasteiger partial charge is 0.349 e.